The Hall–Kier alpha value is -1.40. The molecule has 0 fully saturated rings. The van der Waals surface area contributed by atoms with Crippen LogP contribution in [0.1, 0.15) is 24.3 Å². The molecule has 1 aromatic carbocycles. The van der Waals surface area contributed by atoms with Crippen molar-refractivity contribution in [1.29, 1.82) is 0 Å². The van der Waals surface area contributed by atoms with Crippen molar-refractivity contribution >= 4 is 15.9 Å². The molecular formula is C12H14BrN3O2. The van der Waals surface area contributed by atoms with Crippen molar-refractivity contribution in [3.05, 3.63) is 40.1 Å². The number of aliphatic hydroxyl groups excluding tert-OH is 1. The van der Waals surface area contributed by atoms with Crippen LogP contribution in [0.2, 0.25) is 0 Å². The molecule has 5 nitrogen and oxygen atoms in total. The minimum atomic E-state index is -0.584. The molecule has 0 saturated heterocycles. The lowest BCUT2D eigenvalue weighted by Gasteiger charge is -2.13. The quantitative estimate of drug-likeness (QED) is 0.940. The SMILES string of the molecule is CC(O)c1cc(Br)ccc1OCc1cn(C)nn1. The molecule has 0 aliphatic carbocycles. The van der Waals surface area contributed by atoms with Gasteiger partial charge in [0, 0.05) is 17.1 Å². The van der Waals surface area contributed by atoms with Crippen LogP contribution in [0.15, 0.2) is 28.9 Å². The summed E-state index contributed by atoms with van der Waals surface area (Å²) < 4.78 is 8.18. The summed E-state index contributed by atoms with van der Waals surface area (Å²) in [5.41, 5.74) is 1.49. The van der Waals surface area contributed by atoms with Crippen LogP contribution in [-0.2, 0) is 13.7 Å². The van der Waals surface area contributed by atoms with Gasteiger partial charge in [0.1, 0.15) is 18.1 Å². The van der Waals surface area contributed by atoms with Crippen molar-refractivity contribution in [2.45, 2.75) is 19.6 Å². The van der Waals surface area contributed by atoms with E-state index >= 15 is 0 Å². The molecule has 2 rings (SSSR count). The van der Waals surface area contributed by atoms with Crippen LogP contribution in [0.5, 0.6) is 5.75 Å². The van der Waals surface area contributed by atoms with E-state index < -0.39 is 6.10 Å². The standard InChI is InChI=1S/C12H14BrN3O2/c1-8(17)11-5-9(13)3-4-12(11)18-7-10-6-16(2)15-14-10/h3-6,8,17H,7H2,1-2H3. The van der Waals surface area contributed by atoms with Crippen LogP contribution in [-0.4, -0.2) is 20.1 Å². The molecule has 1 unspecified atom stereocenters. The first-order chi connectivity index (χ1) is 8.56. The summed E-state index contributed by atoms with van der Waals surface area (Å²) in [5.74, 6) is 0.652. The van der Waals surface area contributed by atoms with Gasteiger partial charge in [-0.05, 0) is 25.1 Å². The summed E-state index contributed by atoms with van der Waals surface area (Å²) in [6, 6.07) is 5.54. The highest BCUT2D eigenvalue weighted by Gasteiger charge is 2.10. The molecule has 0 saturated carbocycles. The van der Waals surface area contributed by atoms with Gasteiger partial charge in [-0.3, -0.25) is 4.68 Å². The molecular weight excluding hydrogens is 298 g/mol. The van der Waals surface area contributed by atoms with E-state index in [9.17, 15) is 5.11 Å². The van der Waals surface area contributed by atoms with Gasteiger partial charge in [0.05, 0.1) is 12.3 Å². The van der Waals surface area contributed by atoms with E-state index in [-0.39, 0.29) is 0 Å². The summed E-state index contributed by atoms with van der Waals surface area (Å²) in [6.07, 6.45) is 1.21. The third kappa shape index (κ3) is 3.08. The Labute approximate surface area is 114 Å². The smallest absolute Gasteiger partial charge is 0.134 e. The van der Waals surface area contributed by atoms with Gasteiger partial charge in [0.25, 0.3) is 0 Å². The summed E-state index contributed by atoms with van der Waals surface area (Å²) in [7, 11) is 1.80. The fourth-order valence-electron chi connectivity index (χ4n) is 1.59. The van der Waals surface area contributed by atoms with E-state index in [2.05, 4.69) is 26.2 Å². The first kappa shape index (κ1) is 13.0. The lowest BCUT2D eigenvalue weighted by molar-refractivity contribution is 0.189. The van der Waals surface area contributed by atoms with Crippen LogP contribution in [0.25, 0.3) is 0 Å². The Bertz CT molecular complexity index is 540. The van der Waals surface area contributed by atoms with E-state index in [0.29, 0.717) is 12.4 Å². The van der Waals surface area contributed by atoms with Gasteiger partial charge >= 0.3 is 0 Å². The summed E-state index contributed by atoms with van der Waals surface area (Å²) in [5, 5.41) is 17.5. The monoisotopic (exact) mass is 311 g/mol. The molecule has 1 heterocycles. The van der Waals surface area contributed by atoms with Gasteiger partial charge < -0.3 is 9.84 Å². The Morgan fingerprint density at radius 1 is 1.50 bits per heavy atom. The number of aliphatic hydroxyl groups is 1. The first-order valence-corrected chi connectivity index (χ1v) is 6.31. The van der Waals surface area contributed by atoms with Crippen LogP contribution in [0, 0.1) is 0 Å². The number of nitrogens with zero attached hydrogens (tertiary/aromatic N) is 3. The number of hydrogen-bond acceptors (Lipinski definition) is 4. The maximum atomic E-state index is 9.70. The van der Waals surface area contributed by atoms with Crippen LogP contribution >= 0.6 is 15.9 Å². The molecule has 0 amide bonds. The average molecular weight is 312 g/mol. The van der Waals surface area contributed by atoms with E-state index in [1.807, 2.05) is 18.2 Å². The summed E-state index contributed by atoms with van der Waals surface area (Å²) >= 11 is 3.37. The molecule has 18 heavy (non-hydrogen) atoms. The molecule has 1 aromatic heterocycles. The number of aromatic nitrogens is 3. The Kier molecular flexibility index (Phi) is 3.98. The number of aryl methyl sites for hydroxylation is 1. The van der Waals surface area contributed by atoms with Gasteiger partial charge in [-0.25, -0.2) is 0 Å². The Morgan fingerprint density at radius 2 is 2.28 bits per heavy atom. The van der Waals surface area contributed by atoms with Crippen molar-refractivity contribution in [3.8, 4) is 5.75 Å². The maximum absolute atomic E-state index is 9.70. The van der Waals surface area contributed by atoms with Crippen LogP contribution in [0.4, 0.5) is 0 Å². The minimum absolute atomic E-state index is 0.329. The molecule has 1 atom stereocenters. The van der Waals surface area contributed by atoms with E-state index in [0.717, 1.165) is 15.7 Å². The van der Waals surface area contributed by atoms with Gasteiger partial charge in [-0.15, -0.1) is 5.10 Å². The fraction of sp³-hybridized carbons (Fsp3) is 0.333. The van der Waals surface area contributed by atoms with Gasteiger partial charge in [-0.1, -0.05) is 21.1 Å². The van der Waals surface area contributed by atoms with Crippen LogP contribution < -0.4 is 4.74 Å². The molecule has 0 aliphatic heterocycles. The number of rotatable bonds is 4. The first-order valence-electron chi connectivity index (χ1n) is 5.52. The largest absolute Gasteiger partial charge is 0.487 e. The number of benzene rings is 1. The van der Waals surface area contributed by atoms with Crippen molar-refractivity contribution in [3.63, 3.8) is 0 Å². The topological polar surface area (TPSA) is 60.2 Å². The third-order valence-corrected chi connectivity index (χ3v) is 2.94. The Balaban J connectivity index is 2.13. The normalized spacial score (nSPS) is 12.4. The highest BCUT2D eigenvalue weighted by molar-refractivity contribution is 9.10. The third-order valence-electron chi connectivity index (χ3n) is 2.45. The number of halogens is 1. The predicted molar refractivity (Wildman–Crippen MR) is 70.1 cm³/mol. The maximum Gasteiger partial charge on any atom is 0.134 e. The highest BCUT2D eigenvalue weighted by atomic mass is 79.9. The Morgan fingerprint density at radius 3 is 2.89 bits per heavy atom. The average Bonchev–Trinajstić information content (AvgIpc) is 2.73. The van der Waals surface area contributed by atoms with E-state index in [4.69, 9.17) is 4.74 Å². The molecule has 96 valence electrons. The lowest BCUT2D eigenvalue weighted by atomic mass is 10.1. The van der Waals surface area contributed by atoms with Crippen molar-refractivity contribution < 1.29 is 9.84 Å². The molecule has 0 bridgehead atoms. The number of hydrogen-bond donors (Lipinski definition) is 1. The summed E-state index contributed by atoms with van der Waals surface area (Å²) in [6.45, 7) is 2.03. The molecule has 0 radical (unpaired) electrons. The lowest BCUT2D eigenvalue weighted by Crippen LogP contribution is -2.01. The zero-order valence-electron chi connectivity index (χ0n) is 10.2. The predicted octanol–water partition coefficient (Wildman–Crippen LogP) is 2.21. The zero-order chi connectivity index (χ0) is 13.1. The second-order valence-corrected chi connectivity index (χ2v) is 4.95. The van der Waals surface area contributed by atoms with Gasteiger partial charge in [0.2, 0.25) is 0 Å². The highest BCUT2D eigenvalue weighted by Crippen LogP contribution is 2.28. The molecule has 0 spiro atoms. The van der Waals surface area contributed by atoms with Crippen molar-refractivity contribution in [2.75, 3.05) is 0 Å². The second kappa shape index (κ2) is 5.49. The molecule has 6 heteroatoms. The van der Waals surface area contributed by atoms with Crippen LogP contribution in [0.3, 0.4) is 0 Å². The van der Waals surface area contributed by atoms with Crippen molar-refractivity contribution in [2.24, 2.45) is 7.05 Å². The fourth-order valence-corrected chi connectivity index (χ4v) is 1.97. The van der Waals surface area contributed by atoms with Gasteiger partial charge in [-0.2, -0.15) is 0 Å². The minimum Gasteiger partial charge on any atom is -0.487 e. The number of ether oxygens (including phenoxy) is 1. The molecule has 1 N–H and O–H groups in total. The molecule has 2 aromatic rings. The van der Waals surface area contributed by atoms with Crippen molar-refractivity contribution in [1.82, 2.24) is 15.0 Å². The van der Waals surface area contributed by atoms with Gasteiger partial charge in [0.15, 0.2) is 0 Å². The zero-order valence-corrected chi connectivity index (χ0v) is 11.8. The molecule has 0 aliphatic rings. The second-order valence-electron chi connectivity index (χ2n) is 4.03. The van der Waals surface area contributed by atoms with E-state index in [1.165, 1.54) is 0 Å². The summed E-state index contributed by atoms with van der Waals surface area (Å²) in [4.78, 5) is 0. The van der Waals surface area contributed by atoms with E-state index in [1.54, 1.807) is 24.9 Å².